The van der Waals surface area contributed by atoms with E-state index in [2.05, 4.69) is 13.8 Å². The highest BCUT2D eigenvalue weighted by molar-refractivity contribution is 5.81. The first-order valence-electron chi connectivity index (χ1n) is 7.73. The maximum absolute atomic E-state index is 12.2. The van der Waals surface area contributed by atoms with E-state index < -0.39 is 0 Å². The van der Waals surface area contributed by atoms with Crippen LogP contribution in [0.4, 0.5) is 0 Å². The number of hydrogen-bond donors (Lipinski definition) is 0. The van der Waals surface area contributed by atoms with Crippen LogP contribution in [0.1, 0.15) is 71.6 Å². The van der Waals surface area contributed by atoms with Crippen molar-refractivity contribution in [3.8, 4) is 0 Å². The third-order valence-electron chi connectivity index (χ3n) is 5.24. The lowest BCUT2D eigenvalue weighted by Gasteiger charge is -2.39. The summed E-state index contributed by atoms with van der Waals surface area (Å²) in [6.45, 7) is 4.40. The molecule has 1 nitrogen and oxygen atoms in total. The second-order valence-corrected chi connectivity index (χ2v) is 6.50. The van der Waals surface area contributed by atoms with E-state index in [0.717, 1.165) is 24.7 Å². The van der Waals surface area contributed by atoms with Gasteiger partial charge in [0.15, 0.2) is 0 Å². The fourth-order valence-electron chi connectivity index (χ4n) is 3.82. The summed E-state index contributed by atoms with van der Waals surface area (Å²) in [7, 11) is 0. The molecule has 4 atom stereocenters. The zero-order chi connectivity index (χ0) is 12.3. The van der Waals surface area contributed by atoms with Crippen molar-refractivity contribution in [1.82, 2.24) is 0 Å². The van der Waals surface area contributed by atoms with E-state index in [0.29, 0.717) is 17.6 Å². The smallest absolute Gasteiger partial charge is 0.136 e. The Labute approximate surface area is 106 Å². The average molecular weight is 236 g/mol. The molecule has 0 aromatic heterocycles. The molecule has 0 radical (unpaired) electrons. The summed E-state index contributed by atoms with van der Waals surface area (Å²) in [5.74, 6) is 3.44. The monoisotopic (exact) mass is 236 g/mol. The molecular weight excluding hydrogens is 208 g/mol. The van der Waals surface area contributed by atoms with Gasteiger partial charge in [0.1, 0.15) is 5.78 Å². The van der Waals surface area contributed by atoms with Crippen molar-refractivity contribution in [1.29, 1.82) is 0 Å². The van der Waals surface area contributed by atoms with Gasteiger partial charge < -0.3 is 0 Å². The molecule has 17 heavy (non-hydrogen) atoms. The molecule has 0 aromatic rings. The normalized spacial score (nSPS) is 35.1. The van der Waals surface area contributed by atoms with Crippen molar-refractivity contribution in [3.63, 3.8) is 0 Å². The van der Waals surface area contributed by atoms with Crippen LogP contribution in [-0.2, 0) is 4.79 Å². The van der Waals surface area contributed by atoms with Gasteiger partial charge >= 0.3 is 0 Å². The van der Waals surface area contributed by atoms with Gasteiger partial charge in [0.25, 0.3) is 0 Å². The third-order valence-corrected chi connectivity index (χ3v) is 5.24. The standard InChI is InChI=1S/C16H28O/c1-3-12(2)10-16(17)15-9-8-13-6-4-5-7-14(13)11-15/h12-15H,3-11H2,1-2H3. The quantitative estimate of drug-likeness (QED) is 0.697. The molecule has 2 aliphatic rings. The van der Waals surface area contributed by atoms with E-state index in [9.17, 15) is 4.79 Å². The molecule has 4 unspecified atom stereocenters. The van der Waals surface area contributed by atoms with Crippen molar-refractivity contribution in [2.45, 2.75) is 71.6 Å². The number of rotatable bonds is 4. The van der Waals surface area contributed by atoms with Gasteiger partial charge in [-0.3, -0.25) is 4.79 Å². The van der Waals surface area contributed by atoms with Crippen molar-refractivity contribution >= 4 is 5.78 Å². The minimum Gasteiger partial charge on any atom is -0.299 e. The van der Waals surface area contributed by atoms with Crippen molar-refractivity contribution in [2.24, 2.45) is 23.7 Å². The highest BCUT2D eigenvalue weighted by atomic mass is 16.1. The molecular formula is C16H28O. The van der Waals surface area contributed by atoms with E-state index in [1.165, 1.54) is 44.9 Å². The molecule has 0 saturated heterocycles. The second-order valence-electron chi connectivity index (χ2n) is 6.50. The lowest BCUT2D eigenvalue weighted by Crippen LogP contribution is -2.31. The highest BCUT2D eigenvalue weighted by Gasteiger charge is 2.34. The summed E-state index contributed by atoms with van der Waals surface area (Å²) in [5, 5.41) is 0. The summed E-state index contributed by atoms with van der Waals surface area (Å²) in [4.78, 5) is 12.2. The van der Waals surface area contributed by atoms with Crippen LogP contribution in [0, 0.1) is 23.7 Å². The average Bonchev–Trinajstić information content (AvgIpc) is 2.38. The predicted molar refractivity (Wildman–Crippen MR) is 71.9 cm³/mol. The van der Waals surface area contributed by atoms with E-state index >= 15 is 0 Å². The molecule has 2 rings (SSSR count). The van der Waals surface area contributed by atoms with Crippen molar-refractivity contribution in [3.05, 3.63) is 0 Å². The van der Waals surface area contributed by atoms with Crippen LogP contribution in [0.15, 0.2) is 0 Å². The van der Waals surface area contributed by atoms with Gasteiger partial charge in [-0.1, -0.05) is 46.0 Å². The summed E-state index contributed by atoms with van der Waals surface area (Å²) < 4.78 is 0. The molecule has 0 N–H and O–H groups in total. The summed E-state index contributed by atoms with van der Waals surface area (Å²) in [6.07, 6.45) is 11.4. The number of ketones is 1. The molecule has 0 bridgehead atoms. The van der Waals surface area contributed by atoms with Crippen molar-refractivity contribution < 1.29 is 4.79 Å². The zero-order valence-corrected chi connectivity index (χ0v) is 11.6. The Bertz CT molecular complexity index is 258. The fourth-order valence-corrected chi connectivity index (χ4v) is 3.82. The molecule has 0 aromatic carbocycles. The Hall–Kier alpha value is -0.330. The van der Waals surface area contributed by atoms with E-state index in [4.69, 9.17) is 0 Å². The van der Waals surface area contributed by atoms with Gasteiger partial charge in [0.05, 0.1) is 0 Å². The predicted octanol–water partition coefficient (Wildman–Crippen LogP) is 4.60. The molecule has 0 spiro atoms. The first kappa shape index (κ1) is 13.1. The van der Waals surface area contributed by atoms with Gasteiger partial charge in [-0.05, 0) is 37.0 Å². The van der Waals surface area contributed by atoms with Crippen LogP contribution in [0.3, 0.4) is 0 Å². The lowest BCUT2D eigenvalue weighted by atomic mass is 9.66. The van der Waals surface area contributed by atoms with Crippen LogP contribution < -0.4 is 0 Å². The summed E-state index contributed by atoms with van der Waals surface area (Å²) in [6, 6.07) is 0. The van der Waals surface area contributed by atoms with Crippen LogP contribution in [0.5, 0.6) is 0 Å². The van der Waals surface area contributed by atoms with Crippen LogP contribution in [-0.4, -0.2) is 5.78 Å². The zero-order valence-electron chi connectivity index (χ0n) is 11.6. The summed E-state index contributed by atoms with van der Waals surface area (Å²) in [5.41, 5.74) is 0. The first-order chi connectivity index (χ1) is 8.20. The second kappa shape index (κ2) is 6.02. The number of fused-ring (bicyclic) bond motifs is 1. The van der Waals surface area contributed by atoms with E-state index in [1.807, 2.05) is 0 Å². The summed E-state index contributed by atoms with van der Waals surface area (Å²) >= 11 is 0. The molecule has 2 aliphatic carbocycles. The van der Waals surface area contributed by atoms with Crippen LogP contribution in [0.2, 0.25) is 0 Å². The Kier molecular flexibility index (Phi) is 4.64. The molecule has 2 fully saturated rings. The van der Waals surface area contributed by atoms with Gasteiger partial charge in [0, 0.05) is 12.3 Å². The van der Waals surface area contributed by atoms with Gasteiger partial charge in [0.2, 0.25) is 0 Å². The molecule has 98 valence electrons. The number of hydrogen-bond acceptors (Lipinski definition) is 1. The molecule has 0 aliphatic heterocycles. The largest absolute Gasteiger partial charge is 0.299 e. The fraction of sp³-hybridized carbons (Fsp3) is 0.938. The van der Waals surface area contributed by atoms with Crippen molar-refractivity contribution in [2.75, 3.05) is 0 Å². The Morgan fingerprint density at radius 3 is 2.53 bits per heavy atom. The first-order valence-corrected chi connectivity index (χ1v) is 7.73. The molecule has 1 heteroatoms. The van der Waals surface area contributed by atoms with Gasteiger partial charge in [-0.25, -0.2) is 0 Å². The molecule has 2 saturated carbocycles. The number of carbonyl (C=O) groups excluding carboxylic acids is 1. The van der Waals surface area contributed by atoms with Gasteiger partial charge in [-0.2, -0.15) is 0 Å². The Morgan fingerprint density at radius 2 is 1.82 bits per heavy atom. The minimum absolute atomic E-state index is 0.420. The Balaban J connectivity index is 1.84. The minimum atomic E-state index is 0.420. The SMILES string of the molecule is CCC(C)CC(=O)C1CCC2CCCCC2C1. The maximum atomic E-state index is 12.2. The van der Waals surface area contributed by atoms with E-state index in [-0.39, 0.29) is 0 Å². The van der Waals surface area contributed by atoms with Crippen LogP contribution >= 0.6 is 0 Å². The van der Waals surface area contributed by atoms with Gasteiger partial charge in [-0.15, -0.1) is 0 Å². The van der Waals surface area contributed by atoms with E-state index in [1.54, 1.807) is 0 Å². The topological polar surface area (TPSA) is 17.1 Å². The molecule has 0 amide bonds. The maximum Gasteiger partial charge on any atom is 0.136 e. The Morgan fingerprint density at radius 1 is 1.12 bits per heavy atom. The third kappa shape index (κ3) is 3.33. The highest BCUT2D eigenvalue weighted by Crippen LogP contribution is 2.43. The lowest BCUT2D eigenvalue weighted by molar-refractivity contribution is -0.125. The number of Topliss-reactive ketones (excluding diaryl/α,β-unsaturated/α-hetero) is 1. The molecule has 0 heterocycles. The van der Waals surface area contributed by atoms with Crippen LogP contribution in [0.25, 0.3) is 0 Å². The number of carbonyl (C=O) groups is 1.